The van der Waals surface area contributed by atoms with Gasteiger partial charge in [0.25, 0.3) is 0 Å². The maximum atomic E-state index is 12.3. The number of hydrogen-bond acceptors (Lipinski definition) is 4. The molecule has 116 valence electrons. The van der Waals surface area contributed by atoms with E-state index in [1.54, 1.807) is 11.8 Å². The van der Waals surface area contributed by atoms with E-state index in [9.17, 15) is 13.2 Å². The molecule has 1 amide bonds. The lowest BCUT2D eigenvalue weighted by molar-refractivity contribution is -0.132. The van der Waals surface area contributed by atoms with E-state index in [0.717, 1.165) is 31.8 Å². The first-order chi connectivity index (χ1) is 9.38. The molecule has 0 N–H and O–H groups in total. The Balaban J connectivity index is 1.87. The van der Waals surface area contributed by atoms with Crippen molar-refractivity contribution in [1.29, 1.82) is 0 Å². The van der Waals surface area contributed by atoms with Gasteiger partial charge >= 0.3 is 0 Å². The Morgan fingerprint density at radius 2 is 1.70 bits per heavy atom. The summed E-state index contributed by atoms with van der Waals surface area (Å²) in [6, 6.07) is 0. The van der Waals surface area contributed by atoms with Crippen molar-refractivity contribution in [3.8, 4) is 0 Å². The number of sulfone groups is 1. The van der Waals surface area contributed by atoms with Gasteiger partial charge in [-0.3, -0.25) is 9.69 Å². The fraction of sp³-hybridized carbons (Fsp3) is 0.929. The number of hydrogen-bond donors (Lipinski definition) is 0. The van der Waals surface area contributed by atoms with E-state index in [1.165, 1.54) is 0 Å². The molecular weight excluding hydrogens is 276 g/mol. The highest BCUT2D eigenvalue weighted by Gasteiger charge is 2.29. The first-order valence-corrected chi connectivity index (χ1v) is 9.32. The van der Waals surface area contributed by atoms with Gasteiger partial charge in [0.1, 0.15) is 0 Å². The van der Waals surface area contributed by atoms with E-state index < -0.39 is 9.84 Å². The molecular formula is C14H26N2O3S. The summed E-state index contributed by atoms with van der Waals surface area (Å²) in [6.07, 6.45) is 2.86. The van der Waals surface area contributed by atoms with Gasteiger partial charge in [-0.05, 0) is 45.2 Å². The average Bonchev–Trinajstić information content (AvgIpc) is 2.53. The topological polar surface area (TPSA) is 57.7 Å². The smallest absolute Gasteiger partial charge is 0.236 e. The molecule has 1 atom stereocenters. The van der Waals surface area contributed by atoms with Crippen molar-refractivity contribution in [3.63, 3.8) is 0 Å². The van der Waals surface area contributed by atoms with Crippen LogP contribution < -0.4 is 0 Å². The molecule has 0 radical (unpaired) electrons. The molecule has 2 rings (SSSR count). The van der Waals surface area contributed by atoms with E-state index in [4.69, 9.17) is 0 Å². The van der Waals surface area contributed by atoms with E-state index >= 15 is 0 Å². The van der Waals surface area contributed by atoms with Crippen LogP contribution in [-0.2, 0) is 14.6 Å². The minimum absolute atomic E-state index is 0.0869. The molecule has 20 heavy (non-hydrogen) atoms. The summed E-state index contributed by atoms with van der Waals surface area (Å²) in [6.45, 7) is 7.33. The third-order valence-electron chi connectivity index (χ3n) is 4.65. The first-order valence-electron chi connectivity index (χ1n) is 7.60. The van der Waals surface area contributed by atoms with E-state index in [-0.39, 0.29) is 16.9 Å². The van der Waals surface area contributed by atoms with E-state index in [1.807, 2.05) is 0 Å². The summed E-state index contributed by atoms with van der Waals surface area (Å²) in [7, 11) is -3.01. The highest BCUT2D eigenvalue weighted by molar-refractivity contribution is 7.92. The zero-order chi connectivity index (χ0) is 14.8. The predicted octanol–water partition coefficient (Wildman–Crippen LogP) is 0.754. The second-order valence-electron chi connectivity index (χ2n) is 6.31. The van der Waals surface area contributed by atoms with Gasteiger partial charge in [0.15, 0.2) is 9.84 Å². The second kappa shape index (κ2) is 6.43. The fourth-order valence-corrected chi connectivity index (χ4v) is 4.17. The molecule has 0 aromatic heterocycles. The molecule has 0 saturated carbocycles. The Bertz CT molecular complexity index is 441. The van der Waals surface area contributed by atoms with Crippen LogP contribution in [0.25, 0.3) is 0 Å². The van der Waals surface area contributed by atoms with Crippen molar-refractivity contribution < 1.29 is 13.2 Å². The normalized spacial score (nSPS) is 29.1. The van der Waals surface area contributed by atoms with Crippen molar-refractivity contribution in [2.24, 2.45) is 5.92 Å². The number of amides is 1. The van der Waals surface area contributed by atoms with Crippen molar-refractivity contribution in [2.75, 3.05) is 38.5 Å². The summed E-state index contributed by atoms with van der Waals surface area (Å²) in [5.41, 5.74) is 0. The summed E-state index contributed by atoms with van der Waals surface area (Å²) in [4.78, 5) is 16.2. The van der Waals surface area contributed by atoms with Crippen LogP contribution in [0.5, 0.6) is 0 Å². The lowest BCUT2D eigenvalue weighted by Gasteiger charge is -2.31. The van der Waals surface area contributed by atoms with Crippen LogP contribution in [0.2, 0.25) is 0 Å². The molecule has 0 aliphatic carbocycles. The lowest BCUT2D eigenvalue weighted by Crippen LogP contribution is -2.44. The zero-order valence-corrected chi connectivity index (χ0v) is 13.4. The quantitative estimate of drug-likeness (QED) is 0.755. The summed E-state index contributed by atoms with van der Waals surface area (Å²) in [5, 5.41) is -0.323. The molecule has 0 aromatic carbocycles. The van der Waals surface area contributed by atoms with Crippen molar-refractivity contribution in [2.45, 2.75) is 38.4 Å². The maximum Gasteiger partial charge on any atom is 0.236 e. The van der Waals surface area contributed by atoms with Gasteiger partial charge in [-0.2, -0.15) is 0 Å². The van der Waals surface area contributed by atoms with Crippen LogP contribution in [0.1, 0.15) is 33.1 Å². The summed E-state index contributed by atoms with van der Waals surface area (Å²) >= 11 is 0. The molecule has 0 unspecified atom stereocenters. The van der Waals surface area contributed by atoms with Crippen molar-refractivity contribution >= 4 is 15.7 Å². The number of piperidine rings is 1. The van der Waals surface area contributed by atoms with Crippen LogP contribution in [0, 0.1) is 5.92 Å². The lowest BCUT2D eigenvalue weighted by atomic mass is 9.99. The van der Waals surface area contributed by atoms with Crippen LogP contribution in [0.3, 0.4) is 0 Å². The standard InChI is InChI=1S/C14H26N2O3S/c1-12-3-6-15(7-4-12)11-14(17)16-8-5-13(2)20(18,19)10-9-16/h12-13H,3-11H2,1-2H3/t13-/m0/s1. The van der Waals surface area contributed by atoms with Crippen molar-refractivity contribution in [3.05, 3.63) is 0 Å². The number of carbonyl (C=O) groups is 1. The minimum atomic E-state index is -3.01. The maximum absolute atomic E-state index is 12.3. The van der Waals surface area contributed by atoms with E-state index in [0.29, 0.717) is 26.1 Å². The molecule has 2 heterocycles. The Hall–Kier alpha value is -0.620. The fourth-order valence-electron chi connectivity index (χ4n) is 2.83. The van der Waals surface area contributed by atoms with Gasteiger partial charge in [0.2, 0.25) is 5.91 Å². The molecule has 0 bridgehead atoms. The third kappa shape index (κ3) is 3.95. The second-order valence-corrected chi connectivity index (χ2v) is 8.84. The van der Waals surface area contributed by atoms with E-state index in [2.05, 4.69) is 11.8 Å². The van der Waals surface area contributed by atoms with Gasteiger partial charge in [0, 0.05) is 13.1 Å². The van der Waals surface area contributed by atoms with Crippen LogP contribution in [0.15, 0.2) is 0 Å². The zero-order valence-electron chi connectivity index (χ0n) is 12.5. The number of likely N-dealkylation sites (tertiary alicyclic amines) is 1. The summed E-state index contributed by atoms with van der Waals surface area (Å²) < 4.78 is 23.7. The number of rotatable bonds is 2. The highest BCUT2D eigenvalue weighted by atomic mass is 32.2. The Kier molecular flexibility index (Phi) is 5.07. The third-order valence-corrected chi connectivity index (χ3v) is 6.87. The molecule has 2 fully saturated rings. The SMILES string of the molecule is CC1CCN(CC(=O)N2CC[C@H](C)S(=O)(=O)CC2)CC1. The Morgan fingerprint density at radius 1 is 1.05 bits per heavy atom. The Labute approximate surface area is 122 Å². The molecule has 0 aromatic rings. The average molecular weight is 302 g/mol. The summed E-state index contributed by atoms with van der Waals surface area (Å²) in [5.74, 6) is 0.950. The van der Waals surface area contributed by atoms with Gasteiger partial charge < -0.3 is 4.90 Å². The molecule has 5 nitrogen and oxygen atoms in total. The van der Waals surface area contributed by atoms with Crippen LogP contribution >= 0.6 is 0 Å². The molecule has 0 spiro atoms. The Morgan fingerprint density at radius 3 is 2.35 bits per heavy atom. The largest absolute Gasteiger partial charge is 0.341 e. The van der Waals surface area contributed by atoms with Gasteiger partial charge in [-0.1, -0.05) is 6.92 Å². The molecule has 2 aliphatic heterocycles. The van der Waals surface area contributed by atoms with Crippen LogP contribution in [-0.4, -0.2) is 67.9 Å². The number of nitrogens with zero attached hydrogens (tertiary/aromatic N) is 2. The molecule has 2 aliphatic rings. The minimum Gasteiger partial charge on any atom is -0.341 e. The monoisotopic (exact) mass is 302 g/mol. The molecule has 6 heteroatoms. The van der Waals surface area contributed by atoms with Gasteiger partial charge in [0.05, 0.1) is 17.5 Å². The predicted molar refractivity (Wildman–Crippen MR) is 79.3 cm³/mol. The van der Waals surface area contributed by atoms with Crippen LogP contribution in [0.4, 0.5) is 0 Å². The van der Waals surface area contributed by atoms with Gasteiger partial charge in [-0.25, -0.2) is 8.42 Å². The van der Waals surface area contributed by atoms with Gasteiger partial charge in [-0.15, -0.1) is 0 Å². The first kappa shape index (κ1) is 15.8. The highest BCUT2D eigenvalue weighted by Crippen LogP contribution is 2.17. The number of carbonyl (C=O) groups excluding carboxylic acids is 1. The van der Waals surface area contributed by atoms with Crippen molar-refractivity contribution in [1.82, 2.24) is 9.80 Å². The molecule has 2 saturated heterocycles.